The third kappa shape index (κ3) is 4.52. The van der Waals surface area contributed by atoms with Crippen LogP contribution in [0, 0.1) is 0 Å². The molecule has 3 atom stereocenters. The first-order chi connectivity index (χ1) is 8.19. The first kappa shape index (κ1) is 14.3. The number of benzene rings is 1. The fourth-order valence-corrected chi connectivity index (χ4v) is 2.42. The molecule has 1 rings (SSSR count). The highest BCUT2D eigenvalue weighted by molar-refractivity contribution is 7.80. The van der Waals surface area contributed by atoms with Gasteiger partial charge in [-0.2, -0.15) is 12.6 Å². The van der Waals surface area contributed by atoms with E-state index >= 15 is 0 Å². The van der Waals surface area contributed by atoms with Crippen molar-refractivity contribution >= 4 is 18.9 Å². The van der Waals surface area contributed by atoms with Crippen LogP contribution in [0.1, 0.15) is 37.7 Å². The number of carbonyl (C=O) groups excluding carboxylic acids is 1. The van der Waals surface area contributed by atoms with Gasteiger partial charge in [-0.1, -0.05) is 43.7 Å². The summed E-state index contributed by atoms with van der Waals surface area (Å²) in [4.78, 5) is 11.1. The summed E-state index contributed by atoms with van der Waals surface area (Å²) < 4.78 is 0. The number of aliphatic hydroxyl groups excluding tert-OH is 1. The second-order valence-corrected chi connectivity index (χ2v) is 5.05. The van der Waals surface area contributed by atoms with Gasteiger partial charge in [-0.25, -0.2) is 0 Å². The average Bonchev–Trinajstić information content (AvgIpc) is 2.31. The summed E-state index contributed by atoms with van der Waals surface area (Å²) in [5, 5.41) is 10.2. The van der Waals surface area contributed by atoms with Crippen molar-refractivity contribution in [3.8, 4) is 0 Å². The van der Waals surface area contributed by atoms with Crippen LogP contribution in [0.4, 0.5) is 0 Å². The fraction of sp³-hybridized carbons (Fsp3) is 0.500. The van der Waals surface area contributed by atoms with E-state index in [2.05, 4.69) is 19.6 Å². The highest BCUT2D eigenvalue weighted by Gasteiger charge is 2.22. The van der Waals surface area contributed by atoms with Crippen molar-refractivity contribution in [2.24, 2.45) is 0 Å². The van der Waals surface area contributed by atoms with Gasteiger partial charge >= 0.3 is 0 Å². The Hall–Kier alpha value is -0.800. The lowest BCUT2D eigenvalue weighted by molar-refractivity contribution is -0.111. The molecule has 0 saturated carbocycles. The van der Waals surface area contributed by atoms with Gasteiger partial charge < -0.3 is 9.90 Å². The van der Waals surface area contributed by atoms with Crippen LogP contribution in [0.5, 0.6) is 0 Å². The largest absolute Gasteiger partial charge is 0.392 e. The average molecular weight is 252 g/mol. The van der Waals surface area contributed by atoms with Gasteiger partial charge in [0.15, 0.2) is 0 Å². The molecule has 17 heavy (non-hydrogen) atoms. The lowest BCUT2D eigenvalue weighted by atomic mass is 9.91. The number of thiol groups is 1. The van der Waals surface area contributed by atoms with Gasteiger partial charge in [0.2, 0.25) is 0 Å². The Labute approximate surface area is 108 Å². The van der Waals surface area contributed by atoms with E-state index in [-0.39, 0.29) is 5.25 Å². The van der Waals surface area contributed by atoms with Crippen LogP contribution in [-0.4, -0.2) is 22.7 Å². The minimum absolute atomic E-state index is 0.154. The third-order valence-electron chi connectivity index (χ3n) is 2.88. The van der Waals surface area contributed by atoms with Crippen LogP contribution < -0.4 is 0 Å². The summed E-state index contributed by atoms with van der Waals surface area (Å²) in [7, 11) is 0. The minimum Gasteiger partial charge on any atom is -0.392 e. The molecular formula is C14H20O2S. The number of aliphatic hydroxyl groups is 1. The van der Waals surface area contributed by atoms with Crippen molar-refractivity contribution in [1.29, 1.82) is 0 Å². The zero-order valence-corrected chi connectivity index (χ0v) is 11.0. The standard InChI is InChI=1S/C14H20O2S/c1-2-6-12(17)9-14(16)13(10-15)11-7-4-3-5-8-11/h3-5,7-8,10,12-14,16-17H,2,6,9H2,1H3. The summed E-state index contributed by atoms with van der Waals surface area (Å²) >= 11 is 4.42. The molecule has 1 aromatic rings. The SMILES string of the molecule is CCCC(S)CC(O)C(C=O)c1ccccc1. The Morgan fingerprint density at radius 1 is 1.35 bits per heavy atom. The molecular weight excluding hydrogens is 232 g/mol. The summed E-state index contributed by atoms with van der Waals surface area (Å²) in [6, 6.07) is 9.40. The Morgan fingerprint density at radius 2 is 2.00 bits per heavy atom. The van der Waals surface area contributed by atoms with Crippen molar-refractivity contribution in [3.05, 3.63) is 35.9 Å². The van der Waals surface area contributed by atoms with Crippen LogP contribution in [0.2, 0.25) is 0 Å². The Kier molecular flexibility index (Phi) is 6.30. The third-order valence-corrected chi connectivity index (χ3v) is 3.35. The van der Waals surface area contributed by atoms with Gasteiger partial charge in [-0.05, 0) is 18.4 Å². The summed E-state index contributed by atoms with van der Waals surface area (Å²) in [6.07, 6.45) is 2.73. The van der Waals surface area contributed by atoms with E-state index < -0.39 is 12.0 Å². The number of hydrogen-bond acceptors (Lipinski definition) is 3. The topological polar surface area (TPSA) is 37.3 Å². The molecule has 1 aromatic carbocycles. The molecule has 3 unspecified atom stereocenters. The van der Waals surface area contributed by atoms with E-state index in [1.807, 2.05) is 30.3 Å². The van der Waals surface area contributed by atoms with E-state index in [1.54, 1.807) is 0 Å². The van der Waals surface area contributed by atoms with Crippen molar-refractivity contribution < 1.29 is 9.90 Å². The lowest BCUT2D eigenvalue weighted by Crippen LogP contribution is -2.23. The lowest BCUT2D eigenvalue weighted by Gasteiger charge is -2.20. The number of hydrogen-bond donors (Lipinski definition) is 2. The molecule has 2 nitrogen and oxygen atoms in total. The quantitative estimate of drug-likeness (QED) is 0.578. The second-order valence-electron chi connectivity index (χ2n) is 4.32. The van der Waals surface area contributed by atoms with Crippen LogP contribution in [0.3, 0.4) is 0 Å². The van der Waals surface area contributed by atoms with E-state index in [4.69, 9.17) is 0 Å². The molecule has 0 aliphatic heterocycles. The zero-order chi connectivity index (χ0) is 12.7. The number of aldehydes is 1. The van der Waals surface area contributed by atoms with Gasteiger partial charge in [-0.15, -0.1) is 0 Å². The van der Waals surface area contributed by atoms with E-state index in [0.29, 0.717) is 6.42 Å². The minimum atomic E-state index is -0.649. The van der Waals surface area contributed by atoms with Gasteiger partial charge in [0.25, 0.3) is 0 Å². The van der Waals surface area contributed by atoms with Crippen LogP contribution in [0.15, 0.2) is 30.3 Å². The van der Waals surface area contributed by atoms with E-state index in [9.17, 15) is 9.90 Å². The molecule has 0 radical (unpaired) electrons. The first-order valence-corrected chi connectivity index (χ1v) is 6.57. The molecule has 0 aliphatic rings. The Bertz CT molecular complexity index is 326. The highest BCUT2D eigenvalue weighted by Crippen LogP contribution is 2.23. The zero-order valence-electron chi connectivity index (χ0n) is 10.1. The van der Waals surface area contributed by atoms with E-state index in [1.165, 1.54) is 0 Å². The second kappa shape index (κ2) is 7.51. The predicted molar refractivity (Wildman–Crippen MR) is 73.6 cm³/mol. The van der Waals surface area contributed by atoms with Gasteiger partial charge in [0.1, 0.15) is 6.29 Å². The van der Waals surface area contributed by atoms with Gasteiger partial charge in [0, 0.05) is 5.25 Å². The van der Waals surface area contributed by atoms with E-state index in [0.717, 1.165) is 24.7 Å². The first-order valence-electron chi connectivity index (χ1n) is 6.05. The maximum atomic E-state index is 11.1. The fourth-order valence-electron chi connectivity index (χ4n) is 1.94. The number of rotatable bonds is 7. The van der Waals surface area contributed by atoms with Crippen molar-refractivity contribution in [3.63, 3.8) is 0 Å². The summed E-state index contributed by atoms with van der Waals surface area (Å²) in [5.74, 6) is -0.442. The van der Waals surface area contributed by atoms with Crippen molar-refractivity contribution in [1.82, 2.24) is 0 Å². The molecule has 3 heteroatoms. The number of carbonyl (C=O) groups is 1. The molecule has 0 saturated heterocycles. The Morgan fingerprint density at radius 3 is 2.53 bits per heavy atom. The monoisotopic (exact) mass is 252 g/mol. The maximum absolute atomic E-state index is 11.1. The highest BCUT2D eigenvalue weighted by atomic mass is 32.1. The van der Waals surface area contributed by atoms with Crippen LogP contribution >= 0.6 is 12.6 Å². The summed E-state index contributed by atoms with van der Waals surface area (Å²) in [6.45, 7) is 2.09. The molecule has 0 spiro atoms. The normalized spacial score (nSPS) is 16.2. The molecule has 94 valence electrons. The molecule has 0 aromatic heterocycles. The maximum Gasteiger partial charge on any atom is 0.130 e. The van der Waals surface area contributed by atoms with Crippen LogP contribution in [-0.2, 0) is 4.79 Å². The van der Waals surface area contributed by atoms with Gasteiger partial charge in [-0.3, -0.25) is 0 Å². The molecule has 0 aliphatic carbocycles. The molecule has 0 heterocycles. The van der Waals surface area contributed by atoms with Crippen LogP contribution in [0.25, 0.3) is 0 Å². The van der Waals surface area contributed by atoms with Crippen molar-refractivity contribution in [2.45, 2.75) is 43.5 Å². The van der Waals surface area contributed by atoms with Gasteiger partial charge in [0.05, 0.1) is 12.0 Å². The molecule has 1 N–H and O–H groups in total. The predicted octanol–water partition coefficient (Wildman–Crippen LogP) is 2.82. The van der Waals surface area contributed by atoms with Crippen molar-refractivity contribution in [2.75, 3.05) is 0 Å². The Balaban J connectivity index is 2.65. The molecule has 0 fully saturated rings. The molecule has 0 amide bonds. The molecule has 0 bridgehead atoms. The summed E-state index contributed by atoms with van der Waals surface area (Å²) in [5.41, 5.74) is 0.868. The smallest absolute Gasteiger partial charge is 0.130 e.